The minimum Gasteiger partial charge on any atom is -0.492 e. The minimum absolute atomic E-state index is 0.144. The van der Waals surface area contributed by atoms with Gasteiger partial charge in [-0.25, -0.2) is 9.48 Å². The highest BCUT2D eigenvalue weighted by atomic mass is 16.5. The van der Waals surface area contributed by atoms with Gasteiger partial charge in [-0.15, -0.1) is 0 Å². The summed E-state index contributed by atoms with van der Waals surface area (Å²) >= 11 is 0. The Balaban J connectivity index is 1.63. The zero-order valence-electron chi connectivity index (χ0n) is 17.9. The van der Waals surface area contributed by atoms with E-state index in [1.54, 1.807) is 12.3 Å². The predicted molar refractivity (Wildman–Crippen MR) is 119 cm³/mol. The molecule has 31 heavy (non-hydrogen) atoms. The number of ether oxygens (including phenoxy) is 2. The number of carboxylic acid groups (broad SMARTS) is 1. The molecule has 0 aliphatic rings. The van der Waals surface area contributed by atoms with Crippen molar-refractivity contribution >= 4 is 16.7 Å². The Kier molecular flexibility index (Phi) is 7.78. The van der Waals surface area contributed by atoms with Gasteiger partial charge in [0, 0.05) is 17.9 Å². The van der Waals surface area contributed by atoms with Crippen LogP contribution < -0.4 is 10.3 Å². The van der Waals surface area contributed by atoms with Gasteiger partial charge in [-0.05, 0) is 36.6 Å². The number of rotatable bonds is 11. The lowest BCUT2D eigenvalue weighted by Gasteiger charge is -2.23. The third kappa shape index (κ3) is 5.49. The Morgan fingerprint density at radius 3 is 2.52 bits per heavy atom. The molecule has 2 atom stereocenters. The molecule has 2 unspecified atom stereocenters. The molecule has 2 aromatic carbocycles. The van der Waals surface area contributed by atoms with E-state index in [4.69, 9.17) is 9.47 Å². The van der Waals surface area contributed by atoms with Gasteiger partial charge in [0.1, 0.15) is 12.4 Å². The topological polar surface area (TPSA) is 90.7 Å². The highest BCUT2D eigenvalue weighted by Crippen LogP contribution is 2.27. The summed E-state index contributed by atoms with van der Waals surface area (Å²) in [4.78, 5) is 24.2. The van der Waals surface area contributed by atoms with E-state index in [0.717, 1.165) is 17.4 Å². The molecule has 164 valence electrons. The number of carboxylic acids is 1. The highest BCUT2D eigenvalue weighted by Gasteiger charge is 2.28. The number of aromatic nitrogens is 2. The molecule has 3 aromatic rings. The van der Waals surface area contributed by atoms with Gasteiger partial charge in [-0.2, -0.15) is 5.10 Å². The average Bonchev–Trinajstić information content (AvgIpc) is 2.79. The van der Waals surface area contributed by atoms with Gasteiger partial charge in [0.25, 0.3) is 5.56 Å². The van der Waals surface area contributed by atoms with Crippen molar-refractivity contribution in [2.24, 2.45) is 0 Å². The van der Waals surface area contributed by atoms with Crippen LogP contribution in [-0.2, 0) is 16.1 Å². The van der Waals surface area contributed by atoms with E-state index in [1.165, 1.54) is 4.68 Å². The monoisotopic (exact) mass is 424 g/mol. The third-order valence-corrected chi connectivity index (χ3v) is 5.19. The first-order valence-electron chi connectivity index (χ1n) is 10.6. The van der Waals surface area contributed by atoms with Crippen LogP contribution in [0.5, 0.6) is 5.75 Å². The fourth-order valence-corrected chi connectivity index (χ4v) is 3.58. The maximum Gasteiger partial charge on any atom is 0.333 e. The zero-order chi connectivity index (χ0) is 22.2. The summed E-state index contributed by atoms with van der Waals surface area (Å²) in [7, 11) is 0. The summed E-state index contributed by atoms with van der Waals surface area (Å²) in [6, 6.07) is 14.7. The molecule has 0 aliphatic heterocycles. The molecule has 0 radical (unpaired) electrons. The van der Waals surface area contributed by atoms with Crippen molar-refractivity contribution in [2.45, 2.75) is 45.3 Å². The number of fused-ring (bicyclic) bond motifs is 1. The van der Waals surface area contributed by atoms with Crippen LogP contribution in [0, 0.1) is 0 Å². The summed E-state index contributed by atoms with van der Waals surface area (Å²) in [6.45, 7) is 4.94. The van der Waals surface area contributed by atoms with E-state index in [1.807, 2.05) is 56.3 Å². The average molecular weight is 424 g/mol. The SMILES string of the molecule is CCCOC(C(=O)O)C(CC)c1ccc(OCCn2ncc3ccccc3c2=O)cc1. The standard InChI is InChI=1S/C24H28N2O5/c1-3-14-31-22(24(28)29)20(4-2)17-9-11-19(12-10-17)30-15-13-26-23(27)21-8-6-5-7-18(21)16-25-26/h5-12,16,20,22H,3-4,13-15H2,1-2H3,(H,28,29). The lowest BCUT2D eigenvalue weighted by Crippen LogP contribution is -2.31. The molecule has 0 fully saturated rings. The summed E-state index contributed by atoms with van der Waals surface area (Å²) in [5, 5.41) is 15.2. The van der Waals surface area contributed by atoms with Gasteiger partial charge < -0.3 is 14.6 Å². The maximum atomic E-state index is 12.5. The van der Waals surface area contributed by atoms with Gasteiger partial charge in [-0.3, -0.25) is 4.79 Å². The molecular formula is C24H28N2O5. The zero-order valence-corrected chi connectivity index (χ0v) is 17.9. The van der Waals surface area contributed by atoms with E-state index < -0.39 is 12.1 Å². The van der Waals surface area contributed by atoms with Gasteiger partial charge in [0.05, 0.1) is 18.1 Å². The smallest absolute Gasteiger partial charge is 0.333 e. The number of nitrogens with zero attached hydrogens (tertiary/aromatic N) is 2. The number of aliphatic carboxylic acids is 1. The molecule has 1 aromatic heterocycles. The van der Waals surface area contributed by atoms with Crippen LogP contribution in [0.1, 0.15) is 38.2 Å². The minimum atomic E-state index is -0.950. The lowest BCUT2D eigenvalue weighted by molar-refractivity contribution is -0.152. The first-order valence-corrected chi connectivity index (χ1v) is 10.6. The van der Waals surface area contributed by atoms with Crippen LogP contribution in [0.25, 0.3) is 10.8 Å². The van der Waals surface area contributed by atoms with Gasteiger partial charge in [0.15, 0.2) is 6.10 Å². The van der Waals surface area contributed by atoms with Crippen LogP contribution in [0.4, 0.5) is 0 Å². The van der Waals surface area contributed by atoms with Crippen LogP contribution in [-0.4, -0.2) is 40.2 Å². The van der Waals surface area contributed by atoms with E-state index in [2.05, 4.69) is 5.10 Å². The summed E-state index contributed by atoms with van der Waals surface area (Å²) in [5.41, 5.74) is 0.750. The summed E-state index contributed by atoms with van der Waals surface area (Å²) in [5.74, 6) is -0.541. The fraction of sp³-hybridized carbons (Fsp3) is 0.375. The number of hydrogen-bond acceptors (Lipinski definition) is 5. The molecule has 7 nitrogen and oxygen atoms in total. The molecule has 1 N–H and O–H groups in total. The Labute approximate surface area is 181 Å². The van der Waals surface area contributed by atoms with Crippen molar-refractivity contribution in [2.75, 3.05) is 13.2 Å². The molecule has 0 saturated carbocycles. The van der Waals surface area contributed by atoms with Gasteiger partial charge >= 0.3 is 5.97 Å². The molecule has 0 bridgehead atoms. The molecular weight excluding hydrogens is 396 g/mol. The van der Waals surface area contributed by atoms with E-state index in [9.17, 15) is 14.7 Å². The van der Waals surface area contributed by atoms with E-state index >= 15 is 0 Å². The van der Waals surface area contributed by atoms with Gasteiger partial charge in [-0.1, -0.05) is 44.2 Å². The van der Waals surface area contributed by atoms with E-state index in [0.29, 0.717) is 37.3 Å². The largest absolute Gasteiger partial charge is 0.492 e. The first-order chi connectivity index (χ1) is 15.0. The van der Waals surface area contributed by atoms with E-state index in [-0.39, 0.29) is 11.5 Å². The van der Waals surface area contributed by atoms with Crippen molar-refractivity contribution in [3.8, 4) is 5.75 Å². The maximum absolute atomic E-state index is 12.5. The van der Waals surface area contributed by atoms with Crippen LogP contribution in [0.2, 0.25) is 0 Å². The molecule has 3 rings (SSSR count). The normalized spacial score (nSPS) is 13.1. The molecule has 0 saturated heterocycles. The second kappa shape index (κ2) is 10.7. The second-order valence-corrected chi connectivity index (χ2v) is 7.32. The summed E-state index contributed by atoms with van der Waals surface area (Å²) < 4.78 is 12.7. The first kappa shape index (κ1) is 22.5. The Hall–Kier alpha value is -3.19. The highest BCUT2D eigenvalue weighted by molar-refractivity contribution is 5.80. The van der Waals surface area contributed by atoms with Crippen molar-refractivity contribution in [3.05, 3.63) is 70.6 Å². The van der Waals surface area contributed by atoms with Gasteiger partial charge in [0.2, 0.25) is 0 Å². The molecule has 0 spiro atoms. The van der Waals surface area contributed by atoms with Crippen molar-refractivity contribution < 1.29 is 19.4 Å². The summed E-state index contributed by atoms with van der Waals surface area (Å²) in [6.07, 6.45) is 2.22. The Morgan fingerprint density at radius 2 is 1.84 bits per heavy atom. The van der Waals surface area contributed by atoms with Crippen molar-refractivity contribution in [1.82, 2.24) is 9.78 Å². The molecule has 0 aliphatic carbocycles. The second-order valence-electron chi connectivity index (χ2n) is 7.32. The fourth-order valence-electron chi connectivity index (χ4n) is 3.58. The number of carbonyl (C=O) groups is 1. The lowest BCUT2D eigenvalue weighted by atomic mass is 9.90. The van der Waals surface area contributed by atoms with Crippen LogP contribution in [0.15, 0.2) is 59.5 Å². The van der Waals surface area contributed by atoms with Crippen molar-refractivity contribution in [3.63, 3.8) is 0 Å². The van der Waals surface area contributed by atoms with Crippen LogP contribution in [0.3, 0.4) is 0 Å². The predicted octanol–water partition coefficient (Wildman–Crippen LogP) is 3.85. The number of hydrogen-bond donors (Lipinski definition) is 1. The van der Waals surface area contributed by atoms with Crippen LogP contribution >= 0.6 is 0 Å². The third-order valence-electron chi connectivity index (χ3n) is 5.19. The van der Waals surface area contributed by atoms with Crippen molar-refractivity contribution in [1.29, 1.82) is 0 Å². The Bertz CT molecular complexity index is 1060. The molecule has 1 heterocycles. The molecule has 7 heteroatoms. The Morgan fingerprint density at radius 1 is 1.10 bits per heavy atom. The quantitative estimate of drug-likeness (QED) is 0.503. The number of benzene rings is 2. The molecule has 0 amide bonds.